The normalized spacial score (nSPS) is 16.0. The molecule has 0 aromatic heterocycles. The molecule has 1 aliphatic rings. The minimum Gasteiger partial charge on any atom is -0.467 e. The number of urea groups is 1. The number of amides is 4. The summed E-state index contributed by atoms with van der Waals surface area (Å²) in [6, 6.07) is 14.8. The van der Waals surface area contributed by atoms with Gasteiger partial charge in [0, 0.05) is 5.56 Å². The lowest BCUT2D eigenvalue weighted by Gasteiger charge is -2.19. The fraction of sp³-hybridized carbons (Fsp3) is 0.200. The predicted molar refractivity (Wildman–Crippen MR) is 97.1 cm³/mol. The minimum absolute atomic E-state index is 0.0794. The molecule has 0 N–H and O–H groups in total. The largest absolute Gasteiger partial charge is 0.467 e. The van der Waals surface area contributed by atoms with Gasteiger partial charge in [-0.3, -0.25) is 9.69 Å². The summed E-state index contributed by atoms with van der Waals surface area (Å²) < 4.78 is 9.84. The lowest BCUT2D eigenvalue weighted by atomic mass is 10.2. The molecule has 4 amide bonds. The SMILES string of the molecule is COC(=O)C1CN(C(=O)c2ccccc2)C(=O)N1C(=O)OCc1ccccc1. The number of benzene rings is 2. The van der Waals surface area contributed by atoms with E-state index >= 15 is 0 Å². The van der Waals surface area contributed by atoms with Crippen LogP contribution in [0.25, 0.3) is 0 Å². The van der Waals surface area contributed by atoms with Crippen LogP contribution in [-0.4, -0.2) is 53.5 Å². The first-order valence-electron chi connectivity index (χ1n) is 8.51. The first-order chi connectivity index (χ1) is 13.5. The summed E-state index contributed by atoms with van der Waals surface area (Å²) in [5.74, 6) is -1.42. The number of hydrogen-bond acceptors (Lipinski definition) is 6. The predicted octanol–water partition coefficient (Wildman–Crippen LogP) is 2.44. The molecule has 28 heavy (non-hydrogen) atoms. The molecule has 8 heteroatoms. The zero-order valence-corrected chi connectivity index (χ0v) is 15.1. The Hall–Kier alpha value is -3.68. The summed E-state index contributed by atoms with van der Waals surface area (Å²) in [6.07, 6.45) is -1.02. The van der Waals surface area contributed by atoms with Crippen LogP contribution < -0.4 is 0 Å². The van der Waals surface area contributed by atoms with Gasteiger partial charge in [-0.1, -0.05) is 48.5 Å². The smallest absolute Gasteiger partial charge is 0.419 e. The van der Waals surface area contributed by atoms with Crippen molar-refractivity contribution in [3.05, 3.63) is 71.8 Å². The van der Waals surface area contributed by atoms with Crippen molar-refractivity contribution < 1.29 is 28.7 Å². The topological polar surface area (TPSA) is 93.2 Å². The van der Waals surface area contributed by atoms with E-state index in [1.807, 2.05) is 6.07 Å². The van der Waals surface area contributed by atoms with E-state index in [-0.39, 0.29) is 18.7 Å². The molecule has 0 bridgehead atoms. The molecule has 0 aliphatic carbocycles. The van der Waals surface area contributed by atoms with Crippen molar-refractivity contribution in [3.63, 3.8) is 0 Å². The molecule has 3 rings (SSSR count). The van der Waals surface area contributed by atoms with E-state index in [9.17, 15) is 19.2 Å². The van der Waals surface area contributed by atoms with Crippen LogP contribution in [0.2, 0.25) is 0 Å². The summed E-state index contributed by atoms with van der Waals surface area (Å²) in [4.78, 5) is 51.4. The van der Waals surface area contributed by atoms with Crippen molar-refractivity contribution in [2.24, 2.45) is 0 Å². The van der Waals surface area contributed by atoms with E-state index in [4.69, 9.17) is 4.74 Å². The number of methoxy groups -OCH3 is 1. The maximum Gasteiger partial charge on any atom is 0.419 e. The molecule has 0 spiro atoms. The highest BCUT2D eigenvalue weighted by Gasteiger charge is 2.49. The Morgan fingerprint density at radius 1 is 1.00 bits per heavy atom. The molecule has 1 saturated heterocycles. The number of rotatable bonds is 4. The van der Waals surface area contributed by atoms with Crippen LogP contribution in [0.15, 0.2) is 60.7 Å². The van der Waals surface area contributed by atoms with Crippen LogP contribution >= 0.6 is 0 Å². The summed E-state index contributed by atoms with van der Waals surface area (Å²) in [5, 5.41) is 0. The summed E-state index contributed by atoms with van der Waals surface area (Å²) in [6.45, 7) is -0.385. The average molecular weight is 382 g/mol. The van der Waals surface area contributed by atoms with Crippen molar-refractivity contribution in [2.75, 3.05) is 13.7 Å². The fourth-order valence-electron chi connectivity index (χ4n) is 2.81. The average Bonchev–Trinajstić information content (AvgIpc) is 3.09. The number of carbonyl (C=O) groups is 4. The molecule has 1 fully saturated rings. The maximum absolute atomic E-state index is 12.7. The molecule has 1 heterocycles. The Labute approximate surface area is 161 Å². The number of carbonyl (C=O) groups excluding carboxylic acids is 4. The van der Waals surface area contributed by atoms with Gasteiger partial charge in [-0.05, 0) is 17.7 Å². The van der Waals surface area contributed by atoms with Crippen molar-refractivity contribution in [3.8, 4) is 0 Å². The first-order valence-corrected chi connectivity index (χ1v) is 8.51. The third-order valence-electron chi connectivity index (χ3n) is 4.25. The highest BCUT2D eigenvalue weighted by molar-refractivity contribution is 6.10. The van der Waals surface area contributed by atoms with Gasteiger partial charge in [-0.2, -0.15) is 0 Å². The van der Waals surface area contributed by atoms with Crippen LogP contribution in [0.1, 0.15) is 15.9 Å². The monoisotopic (exact) mass is 382 g/mol. The lowest BCUT2D eigenvalue weighted by molar-refractivity contribution is -0.144. The van der Waals surface area contributed by atoms with E-state index in [0.29, 0.717) is 10.5 Å². The Balaban J connectivity index is 1.79. The van der Waals surface area contributed by atoms with Gasteiger partial charge in [-0.15, -0.1) is 0 Å². The summed E-state index contributed by atoms with van der Waals surface area (Å²) in [7, 11) is 1.14. The Bertz CT molecular complexity index is 884. The second kappa shape index (κ2) is 8.34. The molecule has 0 radical (unpaired) electrons. The second-order valence-corrected chi connectivity index (χ2v) is 6.01. The molecule has 8 nitrogen and oxygen atoms in total. The van der Waals surface area contributed by atoms with Gasteiger partial charge in [-0.25, -0.2) is 19.3 Å². The highest BCUT2D eigenvalue weighted by atomic mass is 16.6. The molecular formula is C20H18N2O6. The summed E-state index contributed by atoms with van der Waals surface area (Å²) in [5.41, 5.74) is 0.980. The van der Waals surface area contributed by atoms with Crippen LogP contribution in [0, 0.1) is 0 Å². The number of nitrogens with zero attached hydrogens (tertiary/aromatic N) is 2. The fourth-order valence-corrected chi connectivity index (χ4v) is 2.81. The maximum atomic E-state index is 12.7. The third-order valence-corrected chi connectivity index (χ3v) is 4.25. The summed E-state index contributed by atoms with van der Waals surface area (Å²) >= 11 is 0. The molecule has 2 aromatic rings. The standard InChI is InChI=1S/C20H18N2O6/c1-27-18(24)16-12-21(17(23)15-10-6-3-7-11-15)19(25)22(16)20(26)28-13-14-8-4-2-5-9-14/h2-11,16H,12-13H2,1H3. The van der Waals surface area contributed by atoms with E-state index in [1.165, 1.54) is 0 Å². The van der Waals surface area contributed by atoms with E-state index < -0.39 is 30.0 Å². The highest BCUT2D eigenvalue weighted by Crippen LogP contribution is 2.21. The molecule has 2 aromatic carbocycles. The van der Waals surface area contributed by atoms with Crippen molar-refractivity contribution >= 4 is 24.0 Å². The quantitative estimate of drug-likeness (QED) is 0.754. The third kappa shape index (κ3) is 3.85. The van der Waals surface area contributed by atoms with Gasteiger partial charge in [0.1, 0.15) is 6.61 Å². The van der Waals surface area contributed by atoms with Gasteiger partial charge in [0.15, 0.2) is 6.04 Å². The molecule has 0 saturated carbocycles. The van der Waals surface area contributed by atoms with Crippen LogP contribution in [0.4, 0.5) is 9.59 Å². The number of ether oxygens (including phenoxy) is 2. The first kappa shape index (κ1) is 19.1. The van der Waals surface area contributed by atoms with Crippen molar-refractivity contribution in [2.45, 2.75) is 12.6 Å². The molecule has 1 unspecified atom stereocenters. The van der Waals surface area contributed by atoms with Gasteiger partial charge in [0.05, 0.1) is 13.7 Å². The molecule has 144 valence electrons. The molecule has 1 atom stereocenters. The Morgan fingerprint density at radius 2 is 1.61 bits per heavy atom. The Morgan fingerprint density at radius 3 is 2.21 bits per heavy atom. The second-order valence-electron chi connectivity index (χ2n) is 6.01. The minimum atomic E-state index is -1.27. The van der Waals surface area contributed by atoms with Gasteiger partial charge in [0.2, 0.25) is 0 Å². The zero-order valence-electron chi connectivity index (χ0n) is 15.1. The van der Waals surface area contributed by atoms with Gasteiger partial charge >= 0.3 is 18.1 Å². The van der Waals surface area contributed by atoms with Crippen LogP contribution in [0.3, 0.4) is 0 Å². The zero-order chi connectivity index (χ0) is 20.1. The number of hydrogen-bond donors (Lipinski definition) is 0. The van der Waals surface area contributed by atoms with Gasteiger partial charge < -0.3 is 9.47 Å². The number of imide groups is 2. The van der Waals surface area contributed by atoms with E-state index in [0.717, 1.165) is 12.0 Å². The van der Waals surface area contributed by atoms with Crippen molar-refractivity contribution in [1.82, 2.24) is 9.80 Å². The number of esters is 1. The molecular weight excluding hydrogens is 364 g/mol. The van der Waals surface area contributed by atoms with Crippen molar-refractivity contribution in [1.29, 1.82) is 0 Å². The van der Waals surface area contributed by atoms with E-state index in [2.05, 4.69) is 4.74 Å². The van der Waals surface area contributed by atoms with Gasteiger partial charge in [0.25, 0.3) is 5.91 Å². The van der Waals surface area contributed by atoms with E-state index in [1.54, 1.807) is 54.6 Å². The lowest BCUT2D eigenvalue weighted by Crippen LogP contribution is -2.44. The molecule has 1 aliphatic heterocycles. The Kier molecular flexibility index (Phi) is 5.69. The van der Waals surface area contributed by atoms with Crippen LogP contribution in [0.5, 0.6) is 0 Å². The van der Waals surface area contributed by atoms with Crippen LogP contribution in [-0.2, 0) is 20.9 Å².